The maximum Gasteiger partial charge on any atom is 0.283 e. The molecule has 0 radical (unpaired) electrons. The fourth-order valence-corrected chi connectivity index (χ4v) is 2.79. The molecule has 2 unspecified atom stereocenters. The van der Waals surface area contributed by atoms with Crippen LogP contribution in [0.5, 0.6) is 0 Å². The van der Waals surface area contributed by atoms with Gasteiger partial charge in [-0.15, -0.1) is 0 Å². The molecular weight excluding hydrogens is 312 g/mol. The van der Waals surface area contributed by atoms with Gasteiger partial charge in [0.15, 0.2) is 0 Å². The molecule has 0 aliphatic carbocycles. The summed E-state index contributed by atoms with van der Waals surface area (Å²) in [7, 11) is 0. The molecule has 1 aromatic rings. The van der Waals surface area contributed by atoms with Gasteiger partial charge in [-0.3, -0.25) is 10.1 Å². The molecule has 104 valence electrons. The van der Waals surface area contributed by atoms with E-state index >= 15 is 0 Å². The molecule has 1 aliphatic rings. The van der Waals surface area contributed by atoms with Crippen molar-refractivity contribution in [3.8, 4) is 0 Å². The molecule has 2 rings (SSSR count). The zero-order chi connectivity index (χ0) is 13.8. The van der Waals surface area contributed by atoms with Crippen molar-refractivity contribution in [3.63, 3.8) is 0 Å². The minimum atomic E-state index is -0.378. The van der Waals surface area contributed by atoms with Crippen LogP contribution in [0.3, 0.4) is 0 Å². The predicted molar refractivity (Wildman–Crippen MR) is 76.1 cm³/mol. The third kappa shape index (κ3) is 3.52. The van der Waals surface area contributed by atoms with Crippen LogP contribution in [0.25, 0.3) is 0 Å². The number of halogens is 1. The standard InChI is InChI=1S/C13H17BrN2O3/c1-9(12-6-3-7-19-12)15-8-10-4-2-5-11(13(10)14)16(17)18/h2,4-5,9,12,15H,3,6-8H2,1H3. The summed E-state index contributed by atoms with van der Waals surface area (Å²) in [5, 5.41) is 14.2. The van der Waals surface area contributed by atoms with Crippen LogP contribution in [0.4, 0.5) is 5.69 Å². The first-order chi connectivity index (χ1) is 9.09. The van der Waals surface area contributed by atoms with E-state index in [-0.39, 0.29) is 22.8 Å². The van der Waals surface area contributed by atoms with Crippen LogP contribution in [0.1, 0.15) is 25.3 Å². The minimum Gasteiger partial charge on any atom is -0.377 e. The number of nitrogens with zero attached hydrogens (tertiary/aromatic N) is 1. The second-order valence-electron chi connectivity index (χ2n) is 4.73. The van der Waals surface area contributed by atoms with Gasteiger partial charge in [0.25, 0.3) is 5.69 Å². The highest BCUT2D eigenvalue weighted by Crippen LogP contribution is 2.28. The maximum atomic E-state index is 10.9. The van der Waals surface area contributed by atoms with Gasteiger partial charge in [-0.1, -0.05) is 12.1 Å². The first-order valence-electron chi connectivity index (χ1n) is 6.36. The summed E-state index contributed by atoms with van der Waals surface area (Å²) in [5.41, 5.74) is 0.989. The first kappa shape index (κ1) is 14.4. The number of benzene rings is 1. The van der Waals surface area contributed by atoms with Crippen molar-refractivity contribution in [2.24, 2.45) is 0 Å². The van der Waals surface area contributed by atoms with Gasteiger partial charge >= 0.3 is 0 Å². The van der Waals surface area contributed by atoms with E-state index in [0.29, 0.717) is 11.0 Å². The first-order valence-corrected chi connectivity index (χ1v) is 7.15. The van der Waals surface area contributed by atoms with Crippen LogP contribution in [0, 0.1) is 10.1 Å². The highest BCUT2D eigenvalue weighted by Gasteiger charge is 2.22. The molecule has 0 bridgehead atoms. The molecule has 1 heterocycles. The Morgan fingerprint density at radius 2 is 2.42 bits per heavy atom. The summed E-state index contributed by atoms with van der Waals surface area (Å²) in [6.07, 6.45) is 2.43. The summed E-state index contributed by atoms with van der Waals surface area (Å²) in [5.74, 6) is 0. The number of nitro benzene ring substituents is 1. The predicted octanol–water partition coefficient (Wildman–Crippen LogP) is 3.01. The number of hydrogen-bond donors (Lipinski definition) is 1. The van der Waals surface area contributed by atoms with E-state index in [1.807, 2.05) is 6.07 Å². The third-order valence-corrected chi connectivity index (χ3v) is 4.31. The molecule has 0 saturated carbocycles. The average molecular weight is 329 g/mol. The molecule has 1 saturated heterocycles. The Kier molecular flexibility index (Phi) is 4.90. The molecule has 1 N–H and O–H groups in total. The van der Waals surface area contributed by atoms with Crippen LogP contribution in [0.2, 0.25) is 0 Å². The average Bonchev–Trinajstić information content (AvgIpc) is 2.90. The molecule has 19 heavy (non-hydrogen) atoms. The molecule has 0 aromatic heterocycles. The zero-order valence-electron chi connectivity index (χ0n) is 10.8. The zero-order valence-corrected chi connectivity index (χ0v) is 12.4. The van der Waals surface area contributed by atoms with Gasteiger partial charge in [-0.25, -0.2) is 0 Å². The van der Waals surface area contributed by atoms with Crippen LogP contribution in [-0.4, -0.2) is 23.7 Å². The number of ether oxygens (including phenoxy) is 1. The molecule has 0 spiro atoms. The van der Waals surface area contributed by atoms with E-state index in [1.165, 1.54) is 6.07 Å². The summed E-state index contributed by atoms with van der Waals surface area (Å²) in [6.45, 7) is 3.50. The Hall–Kier alpha value is -0.980. The molecule has 6 heteroatoms. The van der Waals surface area contributed by atoms with E-state index in [0.717, 1.165) is 25.0 Å². The highest BCUT2D eigenvalue weighted by molar-refractivity contribution is 9.10. The van der Waals surface area contributed by atoms with Gasteiger partial charge in [0.2, 0.25) is 0 Å². The van der Waals surface area contributed by atoms with Crippen molar-refractivity contribution in [2.75, 3.05) is 6.61 Å². The van der Waals surface area contributed by atoms with Crippen LogP contribution >= 0.6 is 15.9 Å². The summed E-state index contributed by atoms with van der Waals surface area (Å²) in [6, 6.07) is 5.33. The Balaban J connectivity index is 1.99. The number of nitrogens with one attached hydrogen (secondary N) is 1. The lowest BCUT2D eigenvalue weighted by Crippen LogP contribution is -2.36. The summed E-state index contributed by atoms with van der Waals surface area (Å²) < 4.78 is 6.16. The molecular formula is C13H17BrN2O3. The van der Waals surface area contributed by atoms with Gasteiger partial charge in [-0.2, -0.15) is 0 Å². The lowest BCUT2D eigenvalue weighted by Gasteiger charge is -2.20. The largest absolute Gasteiger partial charge is 0.377 e. The topological polar surface area (TPSA) is 64.4 Å². The molecule has 1 aromatic carbocycles. The summed E-state index contributed by atoms with van der Waals surface area (Å²) in [4.78, 5) is 10.5. The summed E-state index contributed by atoms with van der Waals surface area (Å²) >= 11 is 3.30. The number of rotatable bonds is 5. The van der Waals surface area contributed by atoms with Gasteiger partial charge in [-0.05, 0) is 41.3 Å². The smallest absolute Gasteiger partial charge is 0.283 e. The molecule has 1 aliphatic heterocycles. The maximum absolute atomic E-state index is 10.9. The quantitative estimate of drug-likeness (QED) is 0.666. The minimum absolute atomic E-state index is 0.101. The fraction of sp³-hybridized carbons (Fsp3) is 0.538. The Morgan fingerprint density at radius 3 is 3.05 bits per heavy atom. The molecule has 5 nitrogen and oxygen atoms in total. The van der Waals surface area contributed by atoms with Crippen molar-refractivity contribution < 1.29 is 9.66 Å². The monoisotopic (exact) mass is 328 g/mol. The van der Waals surface area contributed by atoms with Crippen molar-refractivity contribution >= 4 is 21.6 Å². The van der Waals surface area contributed by atoms with Crippen molar-refractivity contribution in [1.29, 1.82) is 0 Å². The van der Waals surface area contributed by atoms with Crippen LogP contribution in [-0.2, 0) is 11.3 Å². The number of nitro groups is 1. The van der Waals surface area contributed by atoms with E-state index in [2.05, 4.69) is 28.2 Å². The lowest BCUT2D eigenvalue weighted by molar-refractivity contribution is -0.385. The van der Waals surface area contributed by atoms with E-state index in [1.54, 1.807) is 6.07 Å². The normalized spacial score (nSPS) is 20.4. The SMILES string of the molecule is CC(NCc1cccc([N+](=O)[O-])c1Br)C1CCCO1. The highest BCUT2D eigenvalue weighted by atomic mass is 79.9. The van der Waals surface area contributed by atoms with Crippen molar-refractivity contribution in [1.82, 2.24) is 5.32 Å². The van der Waals surface area contributed by atoms with E-state index in [4.69, 9.17) is 4.74 Å². The fourth-order valence-electron chi connectivity index (χ4n) is 2.24. The molecule has 2 atom stereocenters. The van der Waals surface area contributed by atoms with Crippen LogP contribution in [0.15, 0.2) is 22.7 Å². The Labute approximate surface area is 120 Å². The second-order valence-corrected chi connectivity index (χ2v) is 5.52. The molecule has 0 amide bonds. The van der Waals surface area contributed by atoms with Gasteiger partial charge < -0.3 is 10.1 Å². The van der Waals surface area contributed by atoms with Gasteiger partial charge in [0, 0.05) is 25.3 Å². The van der Waals surface area contributed by atoms with Crippen molar-refractivity contribution in [3.05, 3.63) is 38.3 Å². The molecule has 1 fully saturated rings. The lowest BCUT2D eigenvalue weighted by atomic mass is 10.1. The van der Waals surface area contributed by atoms with E-state index in [9.17, 15) is 10.1 Å². The Bertz CT molecular complexity index is 461. The van der Waals surface area contributed by atoms with E-state index < -0.39 is 0 Å². The second kappa shape index (κ2) is 6.45. The third-order valence-electron chi connectivity index (χ3n) is 3.39. The van der Waals surface area contributed by atoms with Crippen LogP contribution < -0.4 is 5.32 Å². The Morgan fingerprint density at radius 1 is 1.63 bits per heavy atom. The van der Waals surface area contributed by atoms with Gasteiger partial charge in [0.05, 0.1) is 15.5 Å². The number of hydrogen-bond acceptors (Lipinski definition) is 4. The van der Waals surface area contributed by atoms with Gasteiger partial charge in [0.1, 0.15) is 0 Å². The van der Waals surface area contributed by atoms with Crippen molar-refractivity contribution in [2.45, 2.75) is 38.5 Å².